The molecule has 158 valence electrons. The molecule has 0 fully saturated rings. The van der Waals surface area contributed by atoms with E-state index in [4.69, 9.17) is 0 Å². The van der Waals surface area contributed by atoms with Crippen LogP contribution in [0.4, 0.5) is 21.5 Å². The predicted molar refractivity (Wildman–Crippen MR) is 121 cm³/mol. The first-order valence-electron chi connectivity index (χ1n) is 9.36. The zero-order valence-corrected chi connectivity index (χ0v) is 17.5. The molecule has 8 heteroatoms. The highest BCUT2D eigenvalue weighted by molar-refractivity contribution is 8.00. The Morgan fingerprint density at radius 1 is 0.806 bits per heavy atom. The molecule has 0 saturated carbocycles. The molecule has 0 aliphatic heterocycles. The Balaban J connectivity index is 1.52. The van der Waals surface area contributed by atoms with Gasteiger partial charge in [0.05, 0.1) is 5.75 Å². The molecule has 0 radical (unpaired) electrons. The van der Waals surface area contributed by atoms with Crippen LogP contribution in [-0.2, 0) is 9.59 Å². The van der Waals surface area contributed by atoms with Crippen LogP contribution < -0.4 is 16.0 Å². The lowest BCUT2D eigenvalue weighted by Crippen LogP contribution is -2.14. The van der Waals surface area contributed by atoms with Gasteiger partial charge in [-0.2, -0.15) is 0 Å². The van der Waals surface area contributed by atoms with Crippen molar-refractivity contribution >= 4 is 46.5 Å². The number of hydrogen-bond donors (Lipinski definition) is 3. The van der Waals surface area contributed by atoms with E-state index >= 15 is 0 Å². The standard InChI is InChI=1S/C23H20FN3O3S/c1-15(28)25-18-9-11-19(12-10-18)26-22(29)14-31-21-4-2-3-20(13-21)27-23(30)16-5-7-17(24)8-6-16/h2-13H,14H2,1H3,(H,25,28)(H,26,29)(H,27,30). The number of anilines is 3. The molecule has 6 nitrogen and oxygen atoms in total. The Bertz CT molecular complexity index is 1090. The van der Waals surface area contributed by atoms with Gasteiger partial charge in [0.15, 0.2) is 0 Å². The van der Waals surface area contributed by atoms with E-state index in [-0.39, 0.29) is 23.5 Å². The molecule has 0 aliphatic rings. The van der Waals surface area contributed by atoms with Gasteiger partial charge in [0.25, 0.3) is 5.91 Å². The maximum atomic E-state index is 13.0. The summed E-state index contributed by atoms with van der Waals surface area (Å²) in [4.78, 5) is 36.3. The smallest absolute Gasteiger partial charge is 0.255 e. The fourth-order valence-corrected chi connectivity index (χ4v) is 3.41. The summed E-state index contributed by atoms with van der Waals surface area (Å²) >= 11 is 1.33. The third-order valence-electron chi connectivity index (χ3n) is 4.06. The maximum absolute atomic E-state index is 13.0. The summed E-state index contributed by atoms with van der Waals surface area (Å²) in [6.45, 7) is 1.43. The summed E-state index contributed by atoms with van der Waals surface area (Å²) in [6.07, 6.45) is 0. The van der Waals surface area contributed by atoms with Crippen molar-refractivity contribution in [2.24, 2.45) is 0 Å². The van der Waals surface area contributed by atoms with Crippen LogP contribution >= 0.6 is 11.8 Å². The monoisotopic (exact) mass is 437 g/mol. The third-order valence-corrected chi connectivity index (χ3v) is 5.05. The molecule has 3 aromatic carbocycles. The van der Waals surface area contributed by atoms with Crippen molar-refractivity contribution in [1.82, 2.24) is 0 Å². The van der Waals surface area contributed by atoms with Gasteiger partial charge in [-0.15, -0.1) is 11.8 Å². The summed E-state index contributed by atoms with van der Waals surface area (Å²) in [5.41, 5.74) is 2.20. The van der Waals surface area contributed by atoms with Crippen LogP contribution in [0.2, 0.25) is 0 Å². The number of hydrogen-bond acceptors (Lipinski definition) is 4. The van der Waals surface area contributed by atoms with Crippen LogP contribution in [0.1, 0.15) is 17.3 Å². The average Bonchev–Trinajstić information content (AvgIpc) is 2.74. The zero-order valence-electron chi connectivity index (χ0n) is 16.6. The minimum Gasteiger partial charge on any atom is -0.326 e. The van der Waals surface area contributed by atoms with Gasteiger partial charge in [-0.05, 0) is 66.7 Å². The average molecular weight is 437 g/mol. The second-order valence-corrected chi connectivity index (χ2v) is 7.63. The van der Waals surface area contributed by atoms with E-state index < -0.39 is 5.82 Å². The minimum atomic E-state index is -0.406. The second-order valence-electron chi connectivity index (χ2n) is 6.58. The Labute approximate surface area is 183 Å². The summed E-state index contributed by atoms with van der Waals surface area (Å²) in [5, 5.41) is 8.21. The van der Waals surface area contributed by atoms with Crippen molar-refractivity contribution in [2.45, 2.75) is 11.8 Å². The molecule has 3 rings (SSSR count). The van der Waals surface area contributed by atoms with Crippen LogP contribution in [0.5, 0.6) is 0 Å². The lowest BCUT2D eigenvalue weighted by molar-refractivity contribution is -0.114. The molecule has 0 saturated heterocycles. The summed E-state index contributed by atoms with van der Waals surface area (Å²) in [5.74, 6) is -0.912. The van der Waals surface area contributed by atoms with Crippen molar-refractivity contribution in [1.29, 1.82) is 0 Å². The Morgan fingerprint density at radius 2 is 1.45 bits per heavy atom. The minimum absolute atomic E-state index is 0.163. The molecule has 0 heterocycles. The van der Waals surface area contributed by atoms with Gasteiger partial charge in [0.2, 0.25) is 11.8 Å². The fraction of sp³-hybridized carbons (Fsp3) is 0.0870. The van der Waals surface area contributed by atoms with Crippen LogP contribution in [0, 0.1) is 5.82 Å². The molecule has 3 N–H and O–H groups in total. The van der Waals surface area contributed by atoms with Crippen molar-refractivity contribution in [3.63, 3.8) is 0 Å². The first-order valence-corrected chi connectivity index (χ1v) is 10.3. The highest BCUT2D eigenvalue weighted by atomic mass is 32.2. The van der Waals surface area contributed by atoms with Crippen molar-refractivity contribution in [2.75, 3.05) is 21.7 Å². The van der Waals surface area contributed by atoms with Gasteiger partial charge in [-0.1, -0.05) is 6.07 Å². The molecule has 0 bridgehead atoms. The molecule has 3 amide bonds. The first-order chi connectivity index (χ1) is 14.9. The third kappa shape index (κ3) is 6.97. The normalized spacial score (nSPS) is 10.3. The number of carbonyl (C=O) groups excluding carboxylic acids is 3. The predicted octanol–water partition coefficient (Wildman–Crippen LogP) is 4.77. The molecule has 0 aromatic heterocycles. The van der Waals surface area contributed by atoms with E-state index in [1.54, 1.807) is 42.5 Å². The first kappa shape index (κ1) is 22.0. The van der Waals surface area contributed by atoms with E-state index in [0.717, 1.165) is 4.90 Å². The molecule has 0 unspecified atom stereocenters. The largest absolute Gasteiger partial charge is 0.326 e. The number of nitrogens with one attached hydrogen (secondary N) is 3. The number of rotatable bonds is 7. The molecular weight excluding hydrogens is 417 g/mol. The van der Waals surface area contributed by atoms with Crippen molar-refractivity contribution < 1.29 is 18.8 Å². The Kier molecular flexibility index (Phi) is 7.40. The molecular formula is C23H20FN3O3S. The highest BCUT2D eigenvalue weighted by Crippen LogP contribution is 2.23. The SMILES string of the molecule is CC(=O)Nc1ccc(NC(=O)CSc2cccc(NC(=O)c3ccc(F)cc3)c2)cc1. The van der Waals surface area contributed by atoms with Gasteiger partial charge in [0.1, 0.15) is 5.82 Å². The van der Waals surface area contributed by atoms with Gasteiger partial charge < -0.3 is 16.0 Å². The molecule has 3 aromatic rings. The number of carbonyl (C=O) groups is 3. The van der Waals surface area contributed by atoms with Gasteiger partial charge >= 0.3 is 0 Å². The van der Waals surface area contributed by atoms with E-state index in [1.165, 1.54) is 43.0 Å². The zero-order chi connectivity index (χ0) is 22.2. The molecule has 31 heavy (non-hydrogen) atoms. The van der Waals surface area contributed by atoms with Crippen LogP contribution in [0.3, 0.4) is 0 Å². The number of halogens is 1. The van der Waals surface area contributed by atoms with Crippen LogP contribution in [0.25, 0.3) is 0 Å². The van der Waals surface area contributed by atoms with E-state index in [9.17, 15) is 18.8 Å². The van der Waals surface area contributed by atoms with Gasteiger partial charge in [0, 0.05) is 34.4 Å². The lowest BCUT2D eigenvalue weighted by atomic mass is 10.2. The second kappa shape index (κ2) is 10.4. The number of thioether (sulfide) groups is 1. The number of benzene rings is 3. The highest BCUT2D eigenvalue weighted by Gasteiger charge is 2.08. The van der Waals surface area contributed by atoms with Gasteiger partial charge in [-0.3, -0.25) is 14.4 Å². The van der Waals surface area contributed by atoms with Crippen LogP contribution in [0.15, 0.2) is 77.7 Å². The van der Waals surface area contributed by atoms with Crippen LogP contribution in [-0.4, -0.2) is 23.5 Å². The summed E-state index contributed by atoms with van der Waals surface area (Å²) in [6, 6.07) is 19.2. The summed E-state index contributed by atoms with van der Waals surface area (Å²) in [7, 11) is 0. The quantitative estimate of drug-likeness (QED) is 0.465. The van der Waals surface area contributed by atoms with Crippen molar-refractivity contribution in [3.05, 3.63) is 84.2 Å². The fourth-order valence-electron chi connectivity index (χ4n) is 2.65. The topological polar surface area (TPSA) is 87.3 Å². The Hall–Kier alpha value is -3.65. The Morgan fingerprint density at radius 3 is 2.10 bits per heavy atom. The lowest BCUT2D eigenvalue weighted by Gasteiger charge is -2.09. The van der Waals surface area contributed by atoms with E-state index in [2.05, 4.69) is 16.0 Å². The van der Waals surface area contributed by atoms with E-state index in [0.29, 0.717) is 22.6 Å². The molecule has 0 aliphatic carbocycles. The molecule has 0 atom stereocenters. The molecule has 0 spiro atoms. The van der Waals surface area contributed by atoms with Gasteiger partial charge in [-0.25, -0.2) is 4.39 Å². The van der Waals surface area contributed by atoms with E-state index in [1.807, 2.05) is 6.07 Å². The summed E-state index contributed by atoms with van der Waals surface area (Å²) < 4.78 is 13.0. The number of amides is 3. The van der Waals surface area contributed by atoms with Crippen molar-refractivity contribution in [3.8, 4) is 0 Å². The maximum Gasteiger partial charge on any atom is 0.255 e.